The zero-order chi connectivity index (χ0) is 18.1. The molecule has 3 rings (SSSR count). The molecule has 1 unspecified atom stereocenters. The van der Waals surface area contributed by atoms with Crippen LogP contribution in [0.2, 0.25) is 0 Å². The number of ether oxygens (including phenoxy) is 1. The van der Waals surface area contributed by atoms with Gasteiger partial charge < -0.3 is 10.5 Å². The first-order valence-electron chi connectivity index (χ1n) is 7.93. The summed E-state index contributed by atoms with van der Waals surface area (Å²) >= 11 is 0. The Morgan fingerprint density at radius 1 is 1.24 bits per heavy atom. The van der Waals surface area contributed by atoms with Gasteiger partial charge in [0.25, 0.3) is 5.56 Å². The molecule has 2 N–H and O–H groups in total. The molecule has 0 saturated heterocycles. The van der Waals surface area contributed by atoms with Gasteiger partial charge in [0.05, 0.1) is 29.9 Å². The Kier molecular flexibility index (Phi) is 4.41. The third kappa shape index (κ3) is 3.06. The molecule has 0 aliphatic carbocycles. The van der Waals surface area contributed by atoms with Crippen LogP contribution in [0.1, 0.15) is 12.5 Å². The van der Waals surface area contributed by atoms with Crippen molar-refractivity contribution in [2.45, 2.75) is 19.4 Å². The van der Waals surface area contributed by atoms with E-state index in [9.17, 15) is 9.59 Å². The van der Waals surface area contributed by atoms with Crippen LogP contribution in [0.3, 0.4) is 0 Å². The normalized spacial score (nSPS) is 12.3. The lowest BCUT2D eigenvalue weighted by Crippen LogP contribution is -2.38. The Hall–Kier alpha value is -2.93. The average Bonchev–Trinajstić information content (AvgIpc) is 2.60. The zero-order valence-corrected chi connectivity index (χ0v) is 14.4. The molecule has 0 bridgehead atoms. The maximum absolute atomic E-state index is 12.9. The number of hydrogen-bond acceptors (Lipinski definition) is 5. The van der Waals surface area contributed by atoms with Gasteiger partial charge in [0.15, 0.2) is 0 Å². The van der Waals surface area contributed by atoms with Gasteiger partial charge in [-0.1, -0.05) is 12.1 Å². The largest absolute Gasteiger partial charge is 0.481 e. The van der Waals surface area contributed by atoms with Gasteiger partial charge in [0.2, 0.25) is 5.88 Å². The maximum Gasteiger partial charge on any atom is 0.335 e. The van der Waals surface area contributed by atoms with Crippen LogP contribution in [0.4, 0.5) is 0 Å². The van der Waals surface area contributed by atoms with Crippen molar-refractivity contribution in [3.63, 3.8) is 0 Å². The van der Waals surface area contributed by atoms with Gasteiger partial charge in [0.1, 0.15) is 0 Å². The minimum absolute atomic E-state index is 0.0436. The van der Waals surface area contributed by atoms with Crippen molar-refractivity contribution in [1.29, 1.82) is 0 Å². The molecule has 0 amide bonds. The highest BCUT2D eigenvalue weighted by atomic mass is 16.5. The fourth-order valence-electron chi connectivity index (χ4n) is 2.82. The second-order valence-electron chi connectivity index (χ2n) is 6.07. The van der Waals surface area contributed by atoms with Gasteiger partial charge in [-0.3, -0.25) is 9.36 Å². The Morgan fingerprint density at radius 3 is 2.52 bits per heavy atom. The predicted molar refractivity (Wildman–Crippen MR) is 96.5 cm³/mol. The number of pyridine rings is 1. The van der Waals surface area contributed by atoms with Gasteiger partial charge in [0, 0.05) is 19.2 Å². The van der Waals surface area contributed by atoms with E-state index < -0.39 is 11.2 Å². The van der Waals surface area contributed by atoms with Crippen molar-refractivity contribution >= 4 is 10.9 Å². The van der Waals surface area contributed by atoms with E-state index in [4.69, 9.17) is 10.5 Å². The Labute approximate surface area is 144 Å². The molecule has 0 spiro atoms. The van der Waals surface area contributed by atoms with E-state index in [-0.39, 0.29) is 6.04 Å². The quantitative estimate of drug-likeness (QED) is 0.764. The van der Waals surface area contributed by atoms with Crippen LogP contribution in [0.25, 0.3) is 16.6 Å². The molecule has 0 aliphatic rings. The molecule has 0 aliphatic heterocycles. The van der Waals surface area contributed by atoms with Crippen LogP contribution in [-0.2, 0) is 13.5 Å². The summed E-state index contributed by atoms with van der Waals surface area (Å²) in [6, 6.07) is 8.85. The minimum Gasteiger partial charge on any atom is -0.481 e. The molecular weight excluding hydrogens is 320 g/mol. The Balaban J connectivity index is 2.22. The Bertz CT molecular complexity index is 1030. The molecular formula is C18H20N4O3. The third-order valence-corrected chi connectivity index (χ3v) is 4.09. The maximum atomic E-state index is 12.9. The minimum atomic E-state index is -0.426. The smallest absolute Gasteiger partial charge is 0.335 e. The fraction of sp³-hybridized carbons (Fsp3) is 0.278. The van der Waals surface area contributed by atoms with Crippen molar-refractivity contribution in [1.82, 2.24) is 14.1 Å². The highest BCUT2D eigenvalue weighted by molar-refractivity contribution is 5.78. The van der Waals surface area contributed by atoms with Crippen molar-refractivity contribution in [2.24, 2.45) is 12.8 Å². The number of aryl methyl sites for hydroxylation is 1. The van der Waals surface area contributed by atoms with Gasteiger partial charge in [-0.25, -0.2) is 14.3 Å². The molecule has 1 aromatic carbocycles. The number of benzene rings is 1. The van der Waals surface area contributed by atoms with Crippen LogP contribution in [0, 0.1) is 0 Å². The topological polar surface area (TPSA) is 92.1 Å². The standard InChI is InChI=1S/C18H20N4O3/c1-11(19)8-12-4-6-13(7-5-12)22-17(23)14-9-16(25-3)20-10-15(14)21(2)18(22)24/h4-7,9-11H,8,19H2,1-3H3. The number of hydrogen-bond donors (Lipinski definition) is 1. The first kappa shape index (κ1) is 16.9. The van der Waals surface area contributed by atoms with Crippen molar-refractivity contribution in [2.75, 3.05) is 7.11 Å². The fourth-order valence-corrected chi connectivity index (χ4v) is 2.82. The molecule has 25 heavy (non-hydrogen) atoms. The van der Waals surface area contributed by atoms with E-state index in [2.05, 4.69) is 4.98 Å². The molecule has 1 atom stereocenters. The molecule has 0 fully saturated rings. The molecule has 130 valence electrons. The molecule has 0 saturated carbocycles. The number of methoxy groups -OCH3 is 1. The molecule has 0 radical (unpaired) electrons. The summed E-state index contributed by atoms with van der Waals surface area (Å²) in [7, 11) is 3.09. The lowest BCUT2D eigenvalue weighted by molar-refractivity contribution is 0.398. The molecule has 3 aromatic rings. The summed E-state index contributed by atoms with van der Waals surface area (Å²) in [6.07, 6.45) is 2.20. The van der Waals surface area contributed by atoms with E-state index in [0.29, 0.717) is 22.5 Å². The first-order valence-corrected chi connectivity index (χ1v) is 7.93. The van der Waals surface area contributed by atoms with Gasteiger partial charge in [-0.15, -0.1) is 0 Å². The molecule has 2 aromatic heterocycles. The van der Waals surface area contributed by atoms with Crippen LogP contribution in [-0.4, -0.2) is 27.3 Å². The molecule has 2 heterocycles. The van der Waals surface area contributed by atoms with Crippen LogP contribution < -0.4 is 21.7 Å². The van der Waals surface area contributed by atoms with Crippen LogP contribution >= 0.6 is 0 Å². The zero-order valence-electron chi connectivity index (χ0n) is 14.4. The van der Waals surface area contributed by atoms with Crippen LogP contribution in [0.15, 0.2) is 46.1 Å². The van der Waals surface area contributed by atoms with E-state index in [1.165, 1.54) is 23.9 Å². The SMILES string of the molecule is COc1cc2c(=O)n(-c3ccc(CC(C)N)cc3)c(=O)n(C)c2cn1. The molecule has 7 heteroatoms. The van der Waals surface area contributed by atoms with E-state index in [1.54, 1.807) is 19.2 Å². The lowest BCUT2D eigenvalue weighted by atomic mass is 10.1. The Morgan fingerprint density at radius 2 is 1.92 bits per heavy atom. The number of fused-ring (bicyclic) bond motifs is 1. The summed E-state index contributed by atoms with van der Waals surface area (Å²) < 4.78 is 7.64. The average molecular weight is 340 g/mol. The second-order valence-corrected chi connectivity index (χ2v) is 6.07. The van der Waals surface area contributed by atoms with Gasteiger partial charge >= 0.3 is 5.69 Å². The van der Waals surface area contributed by atoms with E-state index in [1.807, 2.05) is 19.1 Å². The van der Waals surface area contributed by atoms with E-state index >= 15 is 0 Å². The third-order valence-electron chi connectivity index (χ3n) is 4.09. The number of nitrogens with zero attached hydrogens (tertiary/aromatic N) is 3. The van der Waals surface area contributed by atoms with Crippen molar-refractivity contribution in [3.05, 3.63) is 62.9 Å². The van der Waals surface area contributed by atoms with Crippen molar-refractivity contribution in [3.8, 4) is 11.6 Å². The number of rotatable bonds is 4. The van der Waals surface area contributed by atoms with Crippen LogP contribution in [0.5, 0.6) is 5.88 Å². The summed E-state index contributed by atoms with van der Waals surface area (Å²) in [6.45, 7) is 1.93. The highest BCUT2D eigenvalue weighted by Gasteiger charge is 2.14. The van der Waals surface area contributed by atoms with Gasteiger partial charge in [-0.2, -0.15) is 0 Å². The lowest BCUT2D eigenvalue weighted by Gasteiger charge is -2.12. The predicted octanol–water partition coefficient (Wildman–Crippen LogP) is 0.983. The summed E-state index contributed by atoms with van der Waals surface area (Å²) in [5, 5.41) is 0.369. The van der Waals surface area contributed by atoms with Gasteiger partial charge in [-0.05, 0) is 31.0 Å². The summed E-state index contributed by atoms with van der Waals surface area (Å²) in [4.78, 5) is 29.6. The second kappa shape index (κ2) is 6.52. The summed E-state index contributed by atoms with van der Waals surface area (Å²) in [5.74, 6) is 0.321. The monoisotopic (exact) mass is 340 g/mol. The highest BCUT2D eigenvalue weighted by Crippen LogP contribution is 2.14. The number of nitrogens with two attached hydrogens (primary N) is 1. The summed E-state index contributed by atoms with van der Waals surface area (Å²) in [5.41, 5.74) is 7.00. The van der Waals surface area contributed by atoms with Crippen molar-refractivity contribution < 1.29 is 4.74 Å². The molecule has 7 nitrogen and oxygen atoms in total. The van der Waals surface area contributed by atoms with E-state index in [0.717, 1.165) is 16.6 Å². The first-order chi connectivity index (χ1) is 11.9. The number of aromatic nitrogens is 3.